The molecule has 0 bridgehead atoms. The number of aromatic nitrogens is 2. The number of ether oxygens (including phenoxy) is 1. The Hall–Kier alpha value is -1.87. The lowest BCUT2D eigenvalue weighted by Gasteiger charge is -2.06. The van der Waals surface area contributed by atoms with Crippen LogP contribution in [0.15, 0.2) is 30.5 Å². The number of hydrogen-bond donors (Lipinski definition) is 0. The van der Waals surface area contributed by atoms with Gasteiger partial charge in [-0.25, -0.2) is 4.98 Å². The fourth-order valence-electron chi connectivity index (χ4n) is 2.94. The van der Waals surface area contributed by atoms with E-state index in [2.05, 4.69) is 47.5 Å². The van der Waals surface area contributed by atoms with E-state index in [-0.39, 0.29) is 0 Å². The van der Waals surface area contributed by atoms with Crippen LogP contribution in [0, 0.1) is 13.8 Å². The lowest BCUT2D eigenvalue weighted by Crippen LogP contribution is -2.00. The molecule has 20 heavy (non-hydrogen) atoms. The molecule has 0 fully saturated rings. The summed E-state index contributed by atoms with van der Waals surface area (Å²) in [6.07, 6.45) is 2.91. The molecule has 3 aromatic rings. The molecular formula is C17H20N2O. The van der Waals surface area contributed by atoms with E-state index in [0.29, 0.717) is 0 Å². The van der Waals surface area contributed by atoms with Gasteiger partial charge >= 0.3 is 0 Å². The number of hydrogen-bond acceptors (Lipinski definition) is 2. The molecule has 0 saturated heterocycles. The van der Waals surface area contributed by atoms with E-state index in [1.54, 1.807) is 0 Å². The van der Waals surface area contributed by atoms with Crippen LogP contribution in [0.3, 0.4) is 0 Å². The molecule has 2 aromatic heterocycles. The number of aryl methyl sites for hydroxylation is 2. The summed E-state index contributed by atoms with van der Waals surface area (Å²) in [6.45, 7) is 7.76. The van der Waals surface area contributed by atoms with Gasteiger partial charge in [-0.05, 0) is 44.4 Å². The highest BCUT2D eigenvalue weighted by Gasteiger charge is 2.14. The Morgan fingerprint density at radius 2 is 2.00 bits per heavy atom. The molecule has 3 rings (SSSR count). The molecule has 0 atom stereocenters. The molecule has 0 spiro atoms. The summed E-state index contributed by atoms with van der Waals surface area (Å²) in [6, 6.07) is 8.55. The third kappa shape index (κ3) is 1.98. The molecule has 3 heteroatoms. The molecule has 0 unspecified atom stereocenters. The topological polar surface area (TPSA) is 26.5 Å². The highest BCUT2D eigenvalue weighted by atomic mass is 16.5. The van der Waals surface area contributed by atoms with Crippen LogP contribution in [-0.2, 0) is 11.2 Å². The zero-order valence-electron chi connectivity index (χ0n) is 12.3. The van der Waals surface area contributed by atoms with Crippen LogP contribution < -0.4 is 0 Å². The van der Waals surface area contributed by atoms with Gasteiger partial charge in [0.15, 0.2) is 0 Å². The lowest BCUT2D eigenvalue weighted by molar-refractivity contribution is 0.151. The zero-order chi connectivity index (χ0) is 14.1. The van der Waals surface area contributed by atoms with E-state index >= 15 is 0 Å². The Morgan fingerprint density at radius 1 is 1.20 bits per heavy atom. The smallest absolute Gasteiger partial charge is 0.110 e. The van der Waals surface area contributed by atoms with Crippen molar-refractivity contribution < 1.29 is 4.74 Å². The molecule has 0 aliphatic carbocycles. The van der Waals surface area contributed by atoms with Gasteiger partial charge in [0, 0.05) is 18.2 Å². The third-order valence-electron chi connectivity index (χ3n) is 3.82. The Bertz CT molecular complexity index is 758. The van der Waals surface area contributed by atoms with Gasteiger partial charge in [-0.1, -0.05) is 18.2 Å². The third-order valence-corrected chi connectivity index (χ3v) is 3.82. The average Bonchev–Trinajstić information content (AvgIpc) is 2.80. The minimum atomic E-state index is 0.765. The molecule has 3 nitrogen and oxygen atoms in total. The van der Waals surface area contributed by atoms with Crippen molar-refractivity contribution in [2.45, 2.75) is 27.2 Å². The molecule has 2 heterocycles. The fourth-order valence-corrected chi connectivity index (χ4v) is 2.94. The summed E-state index contributed by atoms with van der Waals surface area (Å²) < 4.78 is 7.82. The predicted molar refractivity (Wildman–Crippen MR) is 82.4 cm³/mol. The van der Waals surface area contributed by atoms with Gasteiger partial charge in [-0.15, -0.1) is 0 Å². The van der Waals surface area contributed by atoms with Crippen LogP contribution >= 0.6 is 0 Å². The summed E-state index contributed by atoms with van der Waals surface area (Å²) in [5, 5.41) is 1.31. The monoisotopic (exact) mass is 268 g/mol. The first-order chi connectivity index (χ1) is 9.74. The molecule has 0 amide bonds. The van der Waals surface area contributed by atoms with Crippen molar-refractivity contribution in [3.63, 3.8) is 0 Å². The van der Waals surface area contributed by atoms with Crippen molar-refractivity contribution in [2.75, 3.05) is 13.2 Å². The number of fused-ring (bicyclic) bond motifs is 3. The normalized spacial score (nSPS) is 11.6. The van der Waals surface area contributed by atoms with Crippen molar-refractivity contribution in [2.24, 2.45) is 0 Å². The van der Waals surface area contributed by atoms with Gasteiger partial charge in [0.1, 0.15) is 5.82 Å². The van der Waals surface area contributed by atoms with E-state index in [1.807, 2.05) is 13.1 Å². The molecule has 0 aliphatic rings. The molecule has 0 radical (unpaired) electrons. The first kappa shape index (κ1) is 13.1. The maximum Gasteiger partial charge on any atom is 0.110 e. The number of benzene rings is 1. The zero-order valence-corrected chi connectivity index (χ0v) is 12.3. The van der Waals surface area contributed by atoms with Crippen LogP contribution in [0.2, 0.25) is 0 Å². The summed E-state index contributed by atoms with van der Waals surface area (Å²) in [5.41, 5.74) is 5.12. The second kappa shape index (κ2) is 5.25. The number of nitrogens with zero attached hydrogens (tertiary/aromatic N) is 2. The van der Waals surface area contributed by atoms with Crippen molar-refractivity contribution in [1.29, 1.82) is 0 Å². The minimum Gasteiger partial charge on any atom is -0.381 e. The van der Waals surface area contributed by atoms with Crippen molar-refractivity contribution in [3.8, 4) is 0 Å². The summed E-state index contributed by atoms with van der Waals surface area (Å²) in [4.78, 5) is 4.50. The second-order valence-corrected chi connectivity index (χ2v) is 5.12. The molecule has 1 aromatic carbocycles. The van der Waals surface area contributed by atoms with Gasteiger partial charge in [0.25, 0.3) is 0 Å². The minimum absolute atomic E-state index is 0.765. The molecule has 0 N–H and O–H groups in total. The quantitative estimate of drug-likeness (QED) is 0.675. The standard InChI is InChI=1S/C17H20N2O/c1-4-20-10-9-15-14-7-5-6-8-16(14)19-13(3)18-11-12(2)17(15)19/h5-8,11H,4,9-10H2,1-3H3. The second-order valence-electron chi connectivity index (χ2n) is 5.12. The van der Waals surface area contributed by atoms with Crippen LogP contribution in [-0.4, -0.2) is 22.6 Å². The van der Waals surface area contributed by atoms with Crippen LogP contribution in [0.1, 0.15) is 23.9 Å². The van der Waals surface area contributed by atoms with Gasteiger partial charge < -0.3 is 4.74 Å². The van der Waals surface area contributed by atoms with Gasteiger partial charge in [0.05, 0.1) is 17.6 Å². The van der Waals surface area contributed by atoms with E-state index in [1.165, 1.54) is 27.5 Å². The Morgan fingerprint density at radius 3 is 2.80 bits per heavy atom. The van der Waals surface area contributed by atoms with Crippen molar-refractivity contribution in [1.82, 2.24) is 9.38 Å². The van der Waals surface area contributed by atoms with Gasteiger partial charge in [-0.3, -0.25) is 4.40 Å². The maximum atomic E-state index is 5.55. The Kier molecular flexibility index (Phi) is 3.45. The molecule has 104 valence electrons. The summed E-state index contributed by atoms with van der Waals surface area (Å²) in [7, 11) is 0. The van der Waals surface area contributed by atoms with Gasteiger partial charge in [0.2, 0.25) is 0 Å². The molecule has 0 saturated carbocycles. The van der Waals surface area contributed by atoms with Gasteiger partial charge in [-0.2, -0.15) is 0 Å². The fraction of sp³-hybridized carbons (Fsp3) is 0.353. The number of para-hydroxylation sites is 1. The van der Waals surface area contributed by atoms with E-state index in [4.69, 9.17) is 4.74 Å². The first-order valence-electron chi connectivity index (χ1n) is 7.16. The Balaban J connectivity index is 2.31. The van der Waals surface area contributed by atoms with Crippen LogP contribution in [0.25, 0.3) is 16.4 Å². The highest BCUT2D eigenvalue weighted by molar-refractivity contribution is 5.93. The van der Waals surface area contributed by atoms with Crippen LogP contribution in [0.4, 0.5) is 0 Å². The maximum absolute atomic E-state index is 5.55. The predicted octanol–water partition coefficient (Wildman–Crippen LogP) is 3.68. The average molecular weight is 268 g/mol. The summed E-state index contributed by atoms with van der Waals surface area (Å²) >= 11 is 0. The highest BCUT2D eigenvalue weighted by Crippen LogP contribution is 2.29. The first-order valence-corrected chi connectivity index (χ1v) is 7.16. The molecule has 0 aliphatic heterocycles. The SMILES string of the molecule is CCOCCc1c2ccccc2n2c(C)ncc(C)c12. The van der Waals surface area contributed by atoms with E-state index < -0.39 is 0 Å². The number of rotatable bonds is 4. The van der Waals surface area contributed by atoms with E-state index in [0.717, 1.165) is 25.5 Å². The largest absolute Gasteiger partial charge is 0.381 e. The van der Waals surface area contributed by atoms with E-state index in [9.17, 15) is 0 Å². The lowest BCUT2D eigenvalue weighted by atomic mass is 10.1. The summed E-state index contributed by atoms with van der Waals surface area (Å²) in [5.74, 6) is 1.03. The molecular weight excluding hydrogens is 248 g/mol. The Labute approximate surface area is 119 Å². The van der Waals surface area contributed by atoms with Crippen molar-refractivity contribution in [3.05, 3.63) is 47.4 Å². The van der Waals surface area contributed by atoms with Crippen molar-refractivity contribution >= 4 is 16.4 Å². The van der Waals surface area contributed by atoms with Crippen LogP contribution in [0.5, 0.6) is 0 Å².